The number of nitrogens with one attached hydrogen (secondary N) is 1. The molecule has 2 unspecified atom stereocenters. The fourth-order valence-electron chi connectivity index (χ4n) is 4.37. The van der Waals surface area contributed by atoms with Crippen LogP contribution in [0.1, 0.15) is 28.1 Å². The van der Waals surface area contributed by atoms with Crippen LogP contribution in [0.25, 0.3) is 0 Å². The molecule has 1 aromatic heterocycles. The molecule has 0 radical (unpaired) electrons. The number of ether oxygens (including phenoxy) is 1. The Labute approximate surface area is 196 Å². The lowest BCUT2D eigenvalue weighted by Gasteiger charge is -2.39. The van der Waals surface area contributed by atoms with E-state index in [4.69, 9.17) is 4.74 Å². The van der Waals surface area contributed by atoms with Crippen LogP contribution in [0, 0.1) is 26.6 Å². The van der Waals surface area contributed by atoms with Crippen molar-refractivity contribution in [1.82, 2.24) is 15.3 Å². The third kappa shape index (κ3) is 3.99. The van der Waals surface area contributed by atoms with Crippen LogP contribution in [0.15, 0.2) is 48.5 Å². The third-order valence-corrected chi connectivity index (χ3v) is 6.00. The Balaban J connectivity index is 2.02. The van der Waals surface area contributed by atoms with Gasteiger partial charge in [0.2, 0.25) is 12.0 Å². The molecule has 176 valence electrons. The predicted molar refractivity (Wildman–Crippen MR) is 123 cm³/mol. The number of amides is 1. The minimum atomic E-state index is -1.60. The molecule has 3 aromatic rings. The number of nitrogens with zero attached hydrogens (tertiary/aromatic N) is 3. The number of aromatic nitrogens is 2. The Bertz CT molecular complexity index is 1260. The summed E-state index contributed by atoms with van der Waals surface area (Å²) in [6, 6.07) is 13.0. The van der Waals surface area contributed by atoms with E-state index in [1.54, 1.807) is 64.2 Å². The molecule has 1 aliphatic rings. The summed E-state index contributed by atoms with van der Waals surface area (Å²) < 4.78 is 20.2. The number of benzene rings is 2. The van der Waals surface area contributed by atoms with Crippen LogP contribution in [0.2, 0.25) is 0 Å². The smallest absolute Gasteiger partial charge is 0.347 e. The molecule has 2 aromatic carbocycles. The number of fused-ring (bicyclic) bond motifs is 1. The van der Waals surface area contributed by atoms with Gasteiger partial charge in [-0.05, 0) is 50.1 Å². The first kappa shape index (κ1) is 23.3. The minimum absolute atomic E-state index is 0.105. The van der Waals surface area contributed by atoms with Gasteiger partial charge in [0, 0.05) is 29.7 Å². The van der Waals surface area contributed by atoms with Crippen molar-refractivity contribution in [2.24, 2.45) is 0 Å². The topological polar surface area (TPSA) is 105 Å². The van der Waals surface area contributed by atoms with Crippen LogP contribution in [-0.4, -0.2) is 46.6 Å². The number of halogens is 1. The van der Waals surface area contributed by atoms with E-state index in [1.807, 2.05) is 0 Å². The van der Waals surface area contributed by atoms with Crippen molar-refractivity contribution in [3.63, 3.8) is 0 Å². The van der Waals surface area contributed by atoms with Crippen LogP contribution in [0.5, 0.6) is 6.01 Å². The van der Waals surface area contributed by atoms with E-state index < -0.39 is 23.4 Å². The summed E-state index contributed by atoms with van der Waals surface area (Å²) >= 11 is 0. The van der Waals surface area contributed by atoms with Crippen molar-refractivity contribution in [2.75, 3.05) is 18.5 Å². The molecule has 0 bridgehead atoms. The number of carboxylic acid groups (broad SMARTS) is 1. The average Bonchev–Trinajstić information content (AvgIpc) is 2.89. The monoisotopic (exact) mass is 464 g/mol. The maximum Gasteiger partial charge on any atom is 0.347 e. The first-order valence-corrected chi connectivity index (χ1v) is 10.7. The SMILES string of the molecule is Cc1cc(C)nc(OC(C(=O)O)C2(c3ccc(F)c(C)c3)NCC(=O)N(C)c3ccccc32)n1. The molecule has 0 spiro atoms. The van der Waals surface area contributed by atoms with Gasteiger partial charge in [0.15, 0.2) is 0 Å². The molecule has 2 heterocycles. The largest absolute Gasteiger partial charge is 0.478 e. The average molecular weight is 464 g/mol. The molecule has 2 atom stereocenters. The number of carboxylic acids is 1. The van der Waals surface area contributed by atoms with E-state index in [-0.39, 0.29) is 18.5 Å². The first-order valence-electron chi connectivity index (χ1n) is 10.7. The summed E-state index contributed by atoms with van der Waals surface area (Å²) in [6.07, 6.45) is -1.60. The Morgan fingerprint density at radius 3 is 2.47 bits per heavy atom. The van der Waals surface area contributed by atoms with Gasteiger partial charge in [-0.15, -0.1) is 0 Å². The fourth-order valence-corrected chi connectivity index (χ4v) is 4.37. The molecule has 0 aliphatic carbocycles. The molecule has 1 aliphatic heterocycles. The number of carbonyl (C=O) groups is 2. The van der Waals surface area contributed by atoms with Crippen LogP contribution >= 0.6 is 0 Å². The molecular weight excluding hydrogens is 439 g/mol. The van der Waals surface area contributed by atoms with E-state index >= 15 is 0 Å². The summed E-state index contributed by atoms with van der Waals surface area (Å²) in [6.45, 7) is 4.92. The lowest BCUT2D eigenvalue weighted by Crippen LogP contribution is -2.58. The third-order valence-electron chi connectivity index (χ3n) is 6.00. The number of hydrogen-bond donors (Lipinski definition) is 2. The Kier molecular flexibility index (Phi) is 6.05. The fraction of sp³-hybridized carbons (Fsp3) is 0.280. The molecule has 0 saturated carbocycles. The van der Waals surface area contributed by atoms with Crippen LogP contribution in [0.3, 0.4) is 0 Å². The van der Waals surface area contributed by atoms with E-state index in [2.05, 4.69) is 15.3 Å². The summed E-state index contributed by atoms with van der Waals surface area (Å²) in [4.78, 5) is 35.6. The number of likely N-dealkylation sites (N-methyl/N-ethyl adjacent to an activating group) is 1. The minimum Gasteiger partial charge on any atom is -0.478 e. The zero-order chi connectivity index (χ0) is 24.6. The van der Waals surface area contributed by atoms with Gasteiger partial charge in [0.25, 0.3) is 0 Å². The van der Waals surface area contributed by atoms with Crippen LogP contribution in [0.4, 0.5) is 10.1 Å². The summed E-state index contributed by atoms with van der Waals surface area (Å²) in [5.74, 6) is -2.00. The van der Waals surface area contributed by atoms with Crippen molar-refractivity contribution < 1.29 is 23.8 Å². The molecule has 2 N–H and O–H groups in total. The number of hydrogen-bond acceptors (Lipinski definition) is 6. The molecule has 8 nitrogen and oxygen atoms in total. The number of para-hydroxylation sites is 1. The van der Waals surface area contributed by atoms with Crippen molar-refractivity contribution in [1.29, 1.82) is 0 Å². The molecule has 34 heavy (non-hydrogen) atoms. The number of carbonyl (C=O) groups excluding carboxylic acids is 1. The van der Waals surface area contributed by atoms with Crippen molar-refractivity contribution in [2.45, 2.75) is 32.4 Å². The number of aliphatic carboxylic acids is 1. The van der Waals surface area contributed by atoms with Crippen LogP contribution < -0.4 is 15.0 Å². The molecular formula is C25H25FN4O4. The van der Waals surface area contributed by atoms with Crippen molar-refractivity contribution >= 4 is 17.6 Å². The van der Waals surface area contributed by atoms with E-state index in [0.29, 0.717) is 33.8 Å². The number of rotatable bonds is 5. The normalized spacial score (nSPS) is 18.7. The van der Waals surface area contributed by atoms with Gasteiger partial charge in [-0.1, -0.05) is 30.3 Å². The summed E-state index contributed by atoms with van der Waals surface area (Å²) in [7, 11) is 1.62. The second-order valence-electron chi connectivity index (χ2n) is 8.36. The highest BCUT2D eigenvalue weighted by Crippen LogP contribution is 2.42. The first-order chi connectivity index (χ1) is 16.1. The quantitative estimate of drug-likeness (QED) is 0.598. The maximum absolute atomic E-state index is 14.2. The zero-order valence-corrected chi connectivity index (χ0v) is 19.3. The van der Waals surface area contributed by atoms with Gasteiger partial charge in [-0.3, -0.25) is 10.1 Å². The second kappa shape index (κ2) is 8.83. The standard InChI is InChI=1S/C25H25FN4O4/c1-14-11-17(9-10-19(14)26)25(18-7-5-6-8-20(18)30(4)21(31)13-27-25)22(23(32)33)34-24-28-15(2)12-16(3)29-24/h5-12,22,27H,13H2,1-4H3,(H,32,33). The summed E-state index contributed by atoms with van der Waals surface area (Å²) in [5.41, 5.74) is 1.42. The summed E-state index contributed by atoms with van der Waals surface area (Å²) in [5, 5.41) is 13.6. The van der Waals surface area contributed by atoms with E-state index in [1.165, 1.54) is 17.0 Å². The zero-order valence-electron chi connectivity index (χ0n) is 19.3. The van der Waals surface area contributed by atoms with Gasteiger partial charge in [0.05, 0.1) is 6.54 Å². The van der Waals surface area contributed by atoms with Gasteiger partial charge >= 0.3 is 12.0 Å². The predicted octanol–water partition coefficient (Wildman–Crippen LogP) is 2.88. The Hall–Kier alpha value is -3.85. The molecule has 0 fully saturated rings. The van der Waals surface area contributed by atoms with E-state index in [9.17, 15) is 19.1 Å². The Morgan fingerprint density at radius 2 is 1.82 bits per heavy atom. The highest BCUT2D eigenvalue weighted by atomic mass is 19.1. The Morgan fingerprint density at radius 1 is 1.15 bits per heavy atom. The highest BCUT2D eigenvalue weighted by molar-refractivity contribution is 5.97. The van der Waals surface area contributed by atoms with Gasteiger partial charge < -0.3 is 14.7 Å². The number of anilines is 1. The van der Waals surface area contributed by atoms with Gasteiger partial charge in [0.1, 0.15) is 11.4 Å². The second-order valence-corrected chi connectivity index (χ2v) is 8.36. The van der Waals surface area contributed by atoms with E-state index in [0.717, 1.165) is 0 Å². The number of aryl methyl sites for hydroxylation is 3. The van der Waals surface area contributed by atoms with Crippen molar-refractivity contribution in [3.8, 4) is 6.01 Å². The molecule has 0 saturated heterocycles. The lowest BCUT2D eigenvalue weighted by atomic mass is 9.76. The van der Waals surface area contributed by atoms with Gasteiger partial charge in [-0.25, -0.2) is 19.2 Å². The molecule has 9 heteroatoms. The maximum atomic E-state index is 14.2. The van der Waals surface area contributed by atoms with Crippen LogP contribution in [-0.2, 0) is 15.1 Å². The molecule has 1 amide bonds. The van der Waals surface area contributed by atoms with Crippen molar-refractivity contribution in [3.05, 3.63) is 82.4 Å². The molecule has 4 rings (SSSR count). The van der Waals surface area contributed by atoms with Gasteiger partial charge in [-0.2, -0.15) is 0 Å². The highest BCUT2D eigenvalue weighted by Gasteiger charge is 2.52. The lowest BCUT2D eigenvalue weighted by molar-refractivity contribution is -0.149.